The highest BCUT2D eigenvalue weighted by molar-refractivity contribution is 7.90. The van der Waals surface area contributed by atoms with E-state index in [0.29, 0.717) is 12.0 Å². The second-order valence-electron chi connectivity index (χ2n) is 5.93. The first-order chi connectivity index (χ1) is 10.4. The summed E-state index contributed by atoms with van der Waals surface area (Å²) >= 11 is 0. The van der Waals surface area contributed by atoms with Crippen molar-refractivity contribution in [3.63, 3.8) is 0 Å². The monoisotopic (exact) mass is 322 g/mol. The standard InChI is InChI=1S/C14H14N2O5S/c17-16(18)11-3-1-2-10(6-11)8-15-9-14-5-4-12(21-14)7-13(14)22(15,19)20/h1-6,12-13H,7-9H2/t12?,13?,14-/m0/s1. The van der Waals surface area contributed by atoms with E-state index in [0.717, 1.165) is 0 Å². The first kappa shape index (κ1) is 13.9. The quantitative estimate of drug-likeness (QED) is 0.474. The smallest absolute Gasteiger partial charge is 0.269 e. The van der Waals surface area contributed by atoms with Crippen LogP contribution in [0, 0.1) is 10.1 Å². The summed E-state index contributed by atoms with van der Waals surface area (Å²) in [6.45, 7) is 0.403. The van der Waals surface area contributed by atoms with E-state index < -0.39 is 25.8 Å². The zero-order valence-corrected chi connectivity index (χ0v) is 12.4. The number of non-ortho nitro benzene ring substituents is 1. The van der Waals surface area contributed by atoms with Crippen molar-refractivity contribution in [2.24, 2.45) is 0 Å². The third-order valence-corrected chi connectivity index (χ3v) is 6.87. The van der Waals surface area contributed by atoms with Crippen molar-refractivity contribution in [1.29, 1.82) is 0 Å². The molecule has 2 saturated heterocycles. The van der Waals surface area contributed by atoms with Gasteiger partial charge in [-0.15, -0.1) is 0 Å². The highest BCUT2D eigenvalue weighted by atomic mass is 32.2. The van der Waals surface area contributed by atoms with E-state index in [4.69, 9.17) is 4.74 Å². The van der Waals surface area contributed by atoms with Crippen LogP contribution >= 0.6 is 0 Å². The Morgan fingerprint density at radius 2 is 2.27 bits per heavy atom. The molecule has 3 aliphatic heterocycles. The van der Waals surface area contributed by atoms with Crippen LogP contribution in [0.1, 0.15) is 12.0 Å². The molecule has 8 heteroatoms. The van der Waals surface area contributed by atoms with Crippen LogP contribution in [0.2, 0.25) is 0 Å². The Morgan fingerprint density at radius 3 is 2.95 bits per heavy atom. The van der Waals surface area contributed by atoms with E-state index in [1.807, 2.05) is 12.2 Å². The molecule has 2 bridgehead atoms. The molecule has 1 spiro atoms. The number of hydrogen-bond donors (Lipinski definition) is 0. The third-order valence-electron chi connectivity index (χ3n) is 4.58. The molecule has 1 aromatic carbocycles. The van der Waals surface area contributed by atoms with Crippen LogP contribution < -0.4 is 0 Å². The Bertz CT molecular complexity index is 790. The molecule has 3 heterocycles. The van der Waals surface area contributed by atoms with Gasteiger partial charge in [0.1, 0.15) is 10.9 Å². The van der Waals surface area contributed by atoms with Gasteiger partial charge in [0.05, 0.1) is 11.0 Å². The summed E-state index contributed by atoms with van der Waals surface area (Å²) in [6.07, 6.45) is 4.17. The molecule has 3 atom stereocenters. The van der Waals surface area contributed by atoms with E-state index >= 15 is 0 Å². The summed E-state index contributed by atoms with van der Waals surface area (Å²) in [4.78, 5) is 10.3. The fraction of sp³-hybridized carbons (Fsp3) is 0.429. The SMILES string of the molecule is O=[N+]([O-])c1cccc(CN2C[C@@]34C=CC(CC3S2(=O)=O)O4)c1. The largest absolute Gasteiger partial charge is 0.361 e. The zero-order chi connectivity index (χ0) is 15.5. The van der Waals surface area contributed by atoms with Crippen molar-refractivity contribution in [3.8, 4) is 0 Å². The molecule has 2 fully saturated rings. The lowest BCUT2D eigenvalue weighted by molar-refractivity contribution is -0.384. The molecule has 7 nitrogen and oxygen atoms in total. The Kier molecular flexibility index (Phi) is 2.76. The minimum Gasteiger partial charge on any atom is -0.361 e. The Balaban J connectivity index is 1.63. The number of nitrogens with zero attached hydrogens (tertiary/aromatic N) is 2. The van der Waals surface area contributed by atoms with Crippen molar-refractivity contribution in [3.05, 3.63) is 52.1 Å². The van der Waals surface area contributed by atoms with Crippen molar-refractivity contribution in [2.45, 2.75) is 29.9 Å². The van der Waals surface area contributed by atoms with Gasteiger partial charge in [-0.3, -0.25) is 10.1 Å². The first-order valence-electron chi connectivity index (χ1n) is 7.00. The molecule has 0 radical (unpaired) electrons. The lowest BCUT2D eigenvalue weighted by Crippen LogP contribution is -2.36. The van der Waals surface area contributed by atoms with E-state index in [9.17, 15) is 18.5 Å². The van der Waals surface area contributed by atoms with Crippen molar-refractivity contribution < 1.29 is 18.1 Å². The van der Waals surface area contributed by atoms with Crippen LogP contribution in [0.3, 0.4) is 0 Å². The van der Waals surface area contributed by atoms with E-state index in [2.05, 4.69) is 0 Å². The summed E-state index contributed by atoms with van der Waals surface area (Å²) in [7, 11) is -3.45. The molecule has 3 aliphatic rings. The number of sulfonamides is 1. The summed E-state index contributed by atoms with van der Waals surface area (Å²) in [5, 5.41) is 10.3. The fourth-order valence-electron chi connectivity index (χ4n) is 3.58. The van der Waals surface area contributed by atoms with Gasteiger partial charge in [0, 0.05) is 25.2 Å². The molecule has 0 aliphatic carbocycles. The fourth-order valence-corrected chi connectivity index (χ4v) is 5.80. The van der Waals surface area contributed by atoms with Gasteiger partial charge in [0.25, 0.3) is 5.69 Å². The molecule has 0 aromatic heterocycles. The van der Waals surface area contributed by atoms with E-state index in [1.54, 1.807) is 12.1 Å². The van der Waals surface area contributed by atoms with E-state index in [-0.39, 0.29) is 24.9 Å². The van der Waals surface area contributed by atoms with Crippen LogP contribution in [0.4, 0.5) is 5.69 Å². The molecular weight excluding hydrogens is 308 g/mol. The lowest BCUT2D eigenvalue weighted by atomic mass is 9.94. The van der Waals surface area contributed by atoms with Gasteiger partial charge in [-0.05, 0) is 12.0 Å². The highest BCUT2D eigenvalue weighted by Crippen LogP contribution is 2.48. The number of benzene rings is 1. The van der Waals surface area contributed by atoms with Gasteiger partial charge in [0.15, 0.2) is 0 Å². The number of nitro groups is 1. The summed E-state index contributed by atoms with van der Waals surface area (Å²) in [5.41, 5.74) is -0.165. The minimum absolute atomic E-state index is 0.0375. The Hall–Kier alpha value is -1.77. The summed E-state index contributed by atoms with van der Waals surface area (Å²) in [5.74, 6) is 0. The summed E-state index contributed by atoms with van der Waals surface area (Å²) < 4.78 is 32.5. The Labute approximate surface area is 127 Å². The predicted octanol–water partition coefficient (Wildman–Crippen LogP) is 1.21. The topological polar surface area (TPSA) is 89.8 Å². The van der Waals surface area contributed by atoms with Gasteiger partial charge in [-0.1, -0.05) is 24.3 Å². The first-order valence-corrected chi connectivity index (χ1v) is 8.50. The number of hydrogen-bond acceptors (Lipinski definition) is 5. The lowest BCUT2D eigenvalue weighted by Gasteiger charge is -2.19. The van der Waals surface area contributed by atoms with Crippen molar-refractivity contribution in [1.82, 2.24) is 4.31 Å². The zero-order valence-electron chi connectivity index (χ0n) is 11.6. The minimum atomic E-state index is -3.45. The van der Waals surface area contributed by atoms with Crippen LogP contribution in [0.25, 0.3) is 0 Å². The normalized spacial score (nSPS) is 34.9. The number of ether oxygens (including phenoxy) is 1. The average Bonchev–Trinajstić information content (AvgIpc) is 3.09. The number of nitro benzene ring substituents is 1. The highest BCUT2D eigenvalue weighted by Gasteiger charge is 2.63. The number of rotatable bonds is 3. The maximum atomic E-state index is 12.7. The molecule has 1 aromatic rings. The number of fused-ring (bicyclic) bond motifs is 1. The third kappa shape index (κ3) is 1.84. The van der Waals surface area contributed by atoms with Gasteiger partial charge in [-0.2, -0.15) is 4.31 Å². The van der Waals surface area contributed by atoms with Gasteiger partial charge < -0.3 is 4.74 Å². The van der Waals surface area contributed by atoms with Gasteiger partial charge in [0.2, 0.25) is 10.0 Å². The van der Waals surface area contributed by atoms with Crippen molar-refractivity contribution in [2.75, 3.05) is 6.54 Å². The van der Waals surface area contributed by atoms with Crippen molar-refractivity contribution >= 4 is 15.7 Å². The van der Waals surface area contributed by atoms with E-state index in [1.165, 1.54) is 16.4 Å². The van der Waals surface area contributed by atoms with Gasteiger partial charge >= 0.3 is 0 Å². The molecule has 0 saturated carbocycles. The molecule has 0 N–H and O–H groups in total. The van der Waals surface area contributed by atoms with Crippen LogP contribution in [-0.2, 0) is 21.3 Å². The molecule has 0 amide bonds. The Morgan fingerprint density at radius 1 is 1.45 bits per heavy atom. The average molecular weight is 322 g/mol. The molecule has 22 heavy (non-hydrogen) atoms. The van der Waals surface area contributed by atoms with Crippen LogP contribution in [0.5, 0.6) is 0 Å². The predicted molar refractivity (Wildman–Crippen MR) is 77.6 cm³/mol. The van der Waals surface area contributed by atoms with Crippen LogP contribution in [-0.4, -0.2) is 41.1 Å². The molecule has 116 valence electrons. The maximum absolute atomic E-state index is 12.7. The molecule has 4 rings (SSSR count). The summed E-state index contributed by atoms with van der Waals surface area (Å²) in [6, 6.07) is 6.07. The molecular formula is C14H14N2O5S. The second-order valence-corrected chi connectivity index (χ2v) is 8.05. The van der Waals surface area contributed by atoms with Crippen LogP contribution in [0.15, 0.2) is 36.4 Å². The second kappa shape index (κ2) is 4.37. The molecule has 2 unspecified atom stereocenters. The van der Waals surface area contributed by atoms with Gasteiger partial charge in [-0.25, -0.2) is 8.42 Å². The maximum Gasteiger partial charge on any atom is 0.269 e.